The number of ether oxygens (including phenoxy) is 2. The van der Waals surface area contributed by atoms with Gasteiger partial charge in [-0.1, -0.05) is 179 Å². The fourth-order valence-electron chi connectivity index (χ4n) is 6.43. The van der Waals surface area contributed by atoms with Gasteiger partial charge in [-0.25, -0.2) is 4.57 Å². The SMILES string of the molecule is CCCCCCC/C=C\C/C=C\C/C=C\CCCCCCCCCCCCCCCCC(=O)OC(COC(=O)CCCCCCC)COP(=O)(O)OCC[N+](C)(C)C. The lowest BCUT2D eigenvalue weighted by Crippen LogP contribution is -2.37. The molecule has 0 heterocycles. The average molecular weight is 841 g/mol. The fourth-order valence-corrected chi connectivity index (χ4v) is 7.17. The summed E-state index contributed by atoms with van der Waals surface area (Å²) in [7, 11) is 1.48. The molecule has 1 N–H and O–H groups in total. The number of esters is 2. The summed E-state index contributed by atoms with van der Waals surface area (Å²) in [5.41, 5.74) is 0. The molecule has 2 atom stereocenters. The Kier molecular flexibility index (Phi) is 39.4. The highest BCUT2D eigenvalue weighted by atomic mass is 31.2. The van der Waals surface area contributed by atoms with Crippen LogP contribution in [0.4, 0.5) is 0 Å². The molecule has 0 saturated carbocycles. The Morgan fingerprint density at radius 2 is 0.931 bits per heavy atom. The molecular weight excluding hydrogens is 750 g/mol. The number of rotatable bonds is 43. The number of carbonyl (C=O) groups is 2. The van der Waals surface area contributed by atoms with Gasteiger partial charge in [0, 0.05) is 12.8 Å². The third kappa shape index (κ3) is 43.8. The quantitative estimate of drug-likeness (QED) is 0.0213. The summed E-state index contributed by atoms with van der Waals surface area (Å²) in [6.45, 7) is 4.32. The molecule has 58 heavy (non-hydrogen) atoms. The Morgan fingerprint density at radius 3 is 1.38 bits per heavy atom. The number of carbonyl (C=O) groups excluding carboxylic acids is 2. The number of phosphoric acid groups is 1. The highest BCUT2D eigenvalue weighted by Crippen LogP contribution is 2.43. The van der Waals surface area contributed by atoms with Gasteiger partial charge in [-0.05, 0) is 51.4 Å². The minimum Gasteiger partial charge on any atom is -0.462 e. The standard InChI is InChI=1S/C48H90NO8P/c1-6-8-10-12-13-14-15-16-17-18-19-20-21-22-23-24-25-26-27-28-29-30-31-32-33-34-35-37-39-41-48(51)57-46(44-54-47(50)40-38-36-11-9-7-2)45-56-58(52,53)55-43-42-49(3,4)5/h15-16,18-19,21-22,46H,6-14,17,20,23-45H2,1-5H3/p+1/b16-15-,19-18-,22-21-. The molecule has 9 nitrogen and oxygen atoms in total. The van der Waals surface area contributed by atoms with Crippen molar-refractivity contribution >= 4 is 19.8 Å². The van der Waals surface area contributed by atoms with Crippen molar-refractivity contribution in [3.63, 3.8) is 0 Å². The monoisotopic (exact) mass is 841 g/mol. The molecule has 0 aliphatic rings. The molecule has 0 amide bonds. The molecule has 0 aliphatic heterocycles. The van der Waals surface area contributed by atoms with Crippen molar-refractivity contribution in [1.82, 2.24) is 0 Å². The summed E-state index contributed by atoms with van der Waals surface area (Å²) in [5, 5.41) is 0. The predicted octanol–water partition coefficient (Wildman–Crippen LogP) is 13.7. The topological polar surface area (TPSA) is 108 Å². The Bertz CT molecular complexity index is 1090. The van der Waals surface area contributed by atoms with E-state index in [0.29, 0.717) is 17.4 Å². The van der Waals surface area contributed by atoms with Gasteiger partial charge in [0.25, 0.3) is 0 Å². The van der Waals surface area contributed by atoms with Crippen LogP contribution in [0.15, 0.2) is 36.5 Å². The summed E-state index contributed by atoms with van der Waals surface area (Å²) >= 11 is 0. The maximum Gasteiger partial charge on any atom is 0.472 e. The maximum absolute atomic E-state index is 12.6. The Hall–Kier alpha value is -1.77. The summed E-state index contributed by atoms with van der Waals surface area (Å²) in [4.78, 5) is 35.0. The molecule has 340 valence electrons. The number of likely N-dealkylation sites (N-methyl/N-ethyl adjacent to an activating group) is 1. The minimum atomic E-state index is -4.36. The van der Waals surface area contributed by atoms with Crippen LogP contribution in [0.2, 0.25) is 0 Å². The van der Waals surface area contributed by atoms with E-state index in [2.05, 4.69) is 50.3 Å². The number of quaternary nitrogens is 1. The number of hydrogen-bond acceptors (Lipinski definition) is 7. The largest absolute Gasteiger partial charge is 0.472 e. The maximum atomic E-state index is 12.6. The average Bonchev–Trinajstić information content (AvgIpc) is 3.17. The van der Waals surface area contributed by atoms with Crippen LogP contribution in [0, 0.1) is 0 Å². The zero-order valence-electron chi connectivity index (χ0n) is 38.3. The van der Waals surface area contributed by atoms with E-state index >= 15 is 0 Å². The third-order valence-corrected chi connectivity index (χ3v) is 11.2. The Balaban J connectivity index is 3.96. The number of allylic oxidation sites excluding steroid dienone is 6. The van der Waals surface area contributed by atoms with Crippen molar-refractivity contribution in [2.75, 3.05) is 47.5 Å². The second kappa shape index (κ2) is 40.6. The van der Waals surface area contributed by atoms with Gasteiger partial charge in [0.2, 0.25) is 0 Å². The number of unbranched alkanes of at least 4 members (excludes halogenated alkanes) is 23. The third-order valence-electron chi connectivity index (χ3n) is 10.2. The van der Waals surface area contributed by atoms with Crippen LogP contribution in [0.1, 0.15) is 206 Å². The first kappa shape index (κ1) is 56.2. The van der Waals surface area contributed by atoms with Crippen molar-refractivity contribution in [1.29, 1.82) is 0 Å². The van der Waals surface area contributed by atoms with Gasteiger partial charge >= 0.3 is 19.8 Å². The summed E-state index contributed by atoms with van der Waals surface area (Å²) in [6.07, 6.45) is 46.8. The van der Waals surface area contributed by atoms with E-state index in [4.69, 9.17) is 18.5 Å². The summed E-state index contributed by atoms with van der Waals surface area (Å²) < 4.78 is 34.1. The zero-order valence-corrected chi connectivity index (χ0v) is 39.2. The molecule has 0 aromatic heterocycles. The Labute approximate surface area is 357 Å². The highest BCUT2D eigenvalue weighted by molar-refractivity contribution is 7.47. The number of nitrogens with zero attached hydrogens (tertiary/aromatic N) is 1. The predicted molar refractivity (Wildman–Crippen MR) is 243 cm³/mol. The van der Waals surface area contributed by atoms with Crippen molar-refractivity contribution < 1.29 is 42.1 Å². The van der Waals surface area contributed by atoms with E-state index in [1.807, 2.05) is 21.1 Å². The first-order valence-electron chi connectivity index (χ1n) is 23.7. The number of hydrogen-bond donors (Lipinski definition) is 1. The normalized spacial score (nSPS) is 13.8. The fraction of sp³-hybridized carbons (Fsp3) is 0.833. The van der Waals surface area contributed by atoms with Crippen molar-refractivity contribution in [3.8, 4) is 0 Å². The van der Waals surface area contributed by atoms with E-state index in [-0.39, 0.29) is 32.0 Å². The molecule has 0 aliphatic carbocycles. The Morgan fingerprint density at radius 1 is 0.534 bits per heavy atom. The molecule has 0 radical (unpaired) electrons. The summed E-state index contributed by atoms with van der Waals surface area (Å²) in [6, 6.07) is 0. The second-order valence-electron chi connectivity index (χ2n) is 17.1. The van der Waals surface area contributed by atoms with E-state index < -0.39 is 26.5 Å². The van der Waals surface area contributed by atoms with Crippen LogP contribution in [-0.4, -0.2) is 74.9 Å². The van der Waals surface area contributed by atoms with Crippen molar-refractivity contribution in [2.45, 2.75) is 213 Å². The summed E-state index contributed by atoms with van der Waals surface area (Å²) in [5.74, 6) is -0.810. The zero-order chi connectivity index (χ0) is 42.8. The van der Waals surface area contributed by atoms with Crippen LogP contribution in [0.5, 0.6) is 0 Å². The lowest BCUT2D eigenvalue weighted by molar-refractivity contribution is -0.870. The van der Waals surface area contributed by atoms with Crippen LogP contribution in [0.25, 0.3) is 0 Å². The first-order chi connectivity index (χ1) is 28.0. The van der Waals surface area contributed by atoms with Gasteiger partial charge in [-0.2, -0.15) is 0 Å². The van der Waals surface area contributed by atoms with E-state index in [9.17, 15) is 19.0 Å². The molecule has 0 fully saturated rings. The molecule has 0 bridgehead atoms. The van der Waals surface area contributed by atoms with Crippen LogP contribution in [-0.2, 0) is 32.7 Å². The molecule has 0 rings (SSSR count). The van der Waals surface area contributed by atoms with Gasteiger partial charge in [-0.15, -0.1) is 0 Å². The van der Waals surface area contributed by atoms with E-state index in [1.165, 1.54) is 116 Å². The van der Waals surface area contributed by atoms with Gasteiger partial charge in [0.05, 0.1) is 27.7 Å². The molecule has 10 heteroatoms. The molecule has 2 unspecified atom stereocenters. The van der Waals surface area contributed by atoms with Crippen molar-refractivity contribution in [2.24, 2.45) is 0 Å². The van der Waals surface area contributed by atoms with E-state index in [1.54, 1.807) is 0 Å². The lowest BCUT2D eigenvalue weighted by Gasteiger charge is -2.24. The first-order valence-corrected chi connectivity index (χ1v) is 25.2. The van der Waals surface area contributed by atoms with Gasteiger partial charge in [-0.3, -0.25) is 18.6 Å². The molecule has 0 aromatic rings. The van der Waals surface area contributed by atoms with Crippen LogP contribution >= 0.6 is 7.82 Å². The smallest absolute Gasteiger partial charge is 0.462 e. The second-order valence-corrected chi connectivity index (χ2v) is 18.6. The highest BCUT2D eigenvalue weighted by Gasteiger charge is 2.27. The van der Waals surface area contributed by atoms with Crippen LogP contribution in [0.3, 0.4) is 0 Å². The molecule has 0 spiro atoms. The molecular formula is C48H91NO8P+. The lowest BCUT2D eigenvalue weighted by atomic mass is 10.0. The number of phosphoric ester groups is 1. The molecule has 0 saturated heterocycles. The molecule has 0 aromatic carbocycles. The van der Waals surface area contributed by atoms with E-state index in [0.717, 1.165) is 57.8 Å². The van der Waals surface area contributed by atoms with Gasteiger partial charge in [0.15, 0.2) is 6.10 Å². The van der Waals surface area contributed by atoms with Gasteiger partial charge in [0.1, 0.15) is 19.8 Å². The van der Waals surface area contributed by atoms with Gasteiger partial charge < -0.3 is 18.9 Å². The van der Waals surface area contributed by atoms with Crippen molar-refractivity contribution in [3.05, 3.63) is 36.5 Å². The van der Waals surface area contributed by atoms with Crippen LogP contribution < -0.4 is 0 Å². The minimum absolute atomic E-state index is 0.0323.